The Kier molecular flexibility index (Phi) is 4.02. The second kappa shape index (κ2) is 4.94. The van der Waals surface area contributed by atoms with Crippen LogP contribution in [-0.2, 0) is 14.8 Å². The largest absolute Gasteiger partial charge is 0.479 e. The van der Waals surface area contributed by atoms with E-state index in [0.29, 0.717) is 6.92 Å². The van der Waals surface area contributed by atoms with E-state index in [1.807, 2.05) is 5.32 Å². The summed E-state index contributed by atoms with van der Waals surface area (Å²) in [6.45, 7) is 0.461. The maximum Gasteiger partial charge on any atom is 0.422 e. The highest BCUT2D eigenvalue weighted by Gasteiger charge is 2.57. The Bertz CT molecular complexity index is 612. The summed E-state index contributed by atoms with van der Waals surface area (Å²) in [5.41, 5.74) is -3.41. The minimum absolute atomic E-state index is 0.209. The van der Waals surface area contributed by atoms with Gasteiger partial charge in [0.1, 0.15) is 0 Å². The van der Waals surface area contributed by atoms with Crippen LogP contribution in [0.5, 0.6) is 0 Å². The number of sulfonamides is 1. The molecule has 4 N–H and O–H groups in total. The number of carboxylic acid groups (broad SMARTS) is 1. The Morgan fingerprint density at radius 3 is 2.00 bits per heavy atom. The van der Waals surface area contributed by atoms with Crippen molar-refractivity contribution in [3.8, 4) is 0 Å². The molecule has 20 heavy (non-hydrogen) atoms. The normalized spacial score (nSPS) is 15.4. The number of rotatable bonds is 4. The molecular weight excluding hydrogens is 301 g/mol. The van der Waals surface area contributed by atoms with Crippen molar-refractivity contribution in [1.82, 2.24) is 0 Å². The molecule has 0 aliphatic carbocycles. The Labute approximate surface area is 112 Å². The molecule has 0 fully saturated rings. The number of nitrogens with two attached hydrogens (primary N) is 1. The lowest BCUT2D eigenvalue weighted by Crippen LogP contribution is -2.55. The molecule has 0 heterocycles. The van der Waals surface area contributed by atoms with E-state index < -0.39 is 27.7 Å². The van der Waals surface area contributed by atoms with Crippen LogP contribution in [0.2, 0.25) is 0 Å². The van der Waals surface area contributed by atoms with Crippen molar-refractivity contribution < 1.29 is 31.5 Å². The van der Waals surface area contributed by atoms with Gasteiger partial charge in [-0.1, -0.05) is 0 Å². The van der Waals surface area contributed by atoms with Crippen molar-refractivity contribution in [1.29, 1.82) is 0 Å². The fourth-order valence-electron chi connectivity index (χ4n) is 1.26. The van der Waals surface area contributed by atoms with Crippen LogP contribution in [0.15, 0.2) is 29.2 Å². The first-order chi connectivity index (χ1) is 8.88. The molecule has 0 spiro atoms. The van der Waals surface area contributed by atoms with Gasteiger partial charge in [0.15, 0.2) is 0 Å². The van der Waals surface area contributed by atoms with E-state index in [4.69, 9.17) is 10.2 Å². The van der Waals surface area contributed by atoms with Crippen LogP contribution in [0, 0.1) is 0 Å². The van der Waals surface area contributed by atoms with Crippen LogP contribution in [0.25, 0.3) is 0 Å². The van der Waals surface area contributed by atoms with Gasteiger partial charge in [-0.3, -0.25) is 0 Å². The summed E-state index contributed by atoms with van der Waals surface area (Å²) in [6.07, 6.45) is -5.04. The number of hydrogen-bond acceptors (Lipinski definition) is 4. The average Bonchev–Trinajstić information content (AvgIpc) is 2.26. The first-order valence-electron chi connectivity index (χ1n) is 5.09. The molecule has 1 aromatic rings. The van der Waals surface area contributed by atoms with Gasteiger partial charge >= 0.3 is 12.1 Å². The van der Waals surface area contributed by atoms with Crippen LogP contribution in [-0.4, -0.2) is 31.2 Å². The summed E-state index contributed by atoms with van der Waals surface area (Å²) >= 11 is 0. The van der Waals surface area contributed by atoms with E-state index in [9.17, 15) is 26.4 Å². The zero-order valence-electron chi connectivity index (χ0n) is 10.1. The van der Waals surface area contributed by atoms with Crippen LogP contribution >= 0.6 is 0 Å². The Morgan fingerprint density at radius 1 is 1.25 bits per heavy atom. The fraction of sp³-hybridized carbons (Fsp3) is 0.300. The summed E-state index contributed by atoms with van der Waals surface area (Å²) in [5, 5.41) is 15.4. The van der Waals surface area contributed by atoms with E-state index in [1.165, 1.54) is 0 Å². The number of primary sulfonamides is 1. The zero-order valence-corrected chi connectivity index (χ0v) is 10.9. The SMILES string of the molecule is CC(Nc1ccc(S(N)(=O)=O)cc1)(C(=O)O)C(F)(F)F. The molecule has 0 amide bonds. The highest BCUT2D eigenvalue weighted by molar-refractivity contribution is 7.89. The summed E-state index contributed by atoms with van der Waals surface area (Å²) in [4.78, 5) is 10.5. The molecular formula is C10H11F3N2O4S. The molecule has 0 bridgehead atoms. The predicted octanol–water partition coefficient (Wildman–Crippen LogP) is 1.15. The van der Waals surface area contributed by atoms with E-state index in [1.54, 1.807) is 0 Å². The van der Waals surface area contributed by atoms with Gasteiger partial charge in [-0.05, 0) is 31.2 Å². The van der Waals surface area contributed by atoms with Crippen molar-refractivity contribution in [3.63, 3.8) is 0 Å². The van der Waals surface area contributed by atoms with Crippen LogP contribution in [0.4, 0.5) is 18.9 Å². The molecule has 1 rings (SSSR count). The molecule has 0 aromatic heterocycles. The number of hydrogen-bond donors (Lipinski definition) is 3. The topological polar surface area (TPSA) is 109 Å². The first kappa shape index (κ1) is 16.2. The molecule has 1 unspecified atom stereocenters. The monoisotopic (exact) mass is 312 g/mol. The smallest absolute Gasteiger partial charge is 0.422 e. The third-order valence-electron chi connectivity index (χ3n) is 2.57. The minimum Gasteiger partial charge on any atom is -0.479 e. The number of halogens is 3. The van der Waals surface area contributed by atoms with Gasteiger partial charge in [-0.15, -0.1) is 0 Å². The molecule has 6 nitrogen and oxygen atoms in total. The van der Waals surface area contributed by atoms with Gasteiger partial charge in [0.25, 0.3) is 0 Å². The molecule has 1 atom stereocenters. The van der Waals surface area contributed by atoms with E-state index in [2.05, 4.69) is 0 Å². The van der Waals surface area contributed by atoms with Gasteiger partial charge < -0.3 is 10.4 Å². The average molecular weight is 312 g/mol. The molecule has 0 radical (unpaired) electrons. The Balaban J connectivity index is 3.12. The number of carboxylic acids is 1. The highest BCUT2D eigenvalue weighted by Crippen LogP contribution is 2.33. The van der Waals surface area contributed by atoms with Crippen LogP contribution < -0.4 is 10.5 Å². The summed E-state index contributed by atoms with van der Waals surface area (Å²) in [7, 11) is -3.97. The number of nitrogens with one attached hydrogen (secondary N) is 1. The van der Waals surface area contributed by atoms with Crippen molar-refractivity contribution in [2.75, 3.05) is 5.32 Å². The van der Waals surface area contributed by atoms with E-state index in [-0.39, 0.29) is 10.6 Å². The lowest BCUT2D eigenvalue weighted by Gasteiger charge is -2.29. The van der Waals surface area contributed by atoms with Gasteiger partial charge in [-0.2, -0.15) is 13.2 Å². The first-order valence-corrected chi connectivity index (χ1v) is 6.64. The van der Waals surface area contributed by atoms with Crippen molar-refractivity contribution in [2.24, 2.45) is 5.14 Å². The number of benzene rings is 1. The van der Waals surface area contributed by atoms with Gasteiger partial charge in [0, 0.05) is 5.69 Å². The molecule has 10 heteroatoms. The lowest BCUT2D eigenvalue weighted by atomic mass is 10.0. The third kappa shape index (κ3) is 3.20. The Hall–Kier alpha value is -1.81. The standard InChI is InChI=1S/C10H11F3N2O4S/c1-9(8(16)17,10(11,12)13)15-6-2-4-7(5-3-6)20(14,18)19/h2-5,15H,1H3,(H,16,17)(H2,14,18,19). The molecule has 0 aliphatic heterocycles. The number of carbonyl (C=O) groups is 1. The van der Waals surface area contributed by atoms with Crippen molar-refractivity contribution in [3.05, 3.63) is 24.3 Å². The minimum atomic E-state index is -5.04. The van der Waals surface area contributed by atoms with Gasteiger partial charge in [0.05, 0.1) is 4.90 Å². The maximum absolute atomic E-state index is 12.8. The Morgan fingerprint density at radius 2 is 1.70 bits per heavy atom. The second-order valence-corrected chi connectivity index (χ2v) is 5.68. The maximum atomic E-state index is 12.8. The van der Waals surface area contributed by atoms with Gasteiger partial charge in [-0.25, -0.2) is 18.4 Å². The predicted molar refractivity (Wildman–Crippen MR) is 63.5 cm³/mol. The zero-order chi connectivity index (χ0) is 15.8. The highest BCUT2D eigenvalue weighted by atomic mass is 32.2. The second-order valence-electron chi connectivity index (χ2n) is 4.12. The molecule has 0 aliphatic rings. The molecule has 112 valence electrons. The van der Waals surface area contributed by atoms with Crippen molar-refractivity contribution >= 4 is 21.7 Å². The quantitative estimate of drug-likeness (QED) is 0.772. The third-order valence-corrected chi connectivity index (χ3v) is 3.50. The number of aliphatic carboxylic acids is 1. The molecule has 0 saturated carbocycles. The van der Waals surface area contributed by atoms with Crippen molar-refractivity contribution in [2.45, 2.75) is 23.5 Å². The van der Waals surface area contributed by atoms with E-state index in [0.717, 1.165) is 24.3 Å². The number of anilines is 1. The van der Waals surface area contributed by atoms with Crippen LogP contribution in [0.3, 0.4) is 0 Å². The van der Waals surface area contributed by atoms with E-state index >= 15 is 0 Å². The molecule has 0 saturated heterocycles. The fourth-order valence-corrected chi connectivity index (χ4v) is 1.78. The van der Waals surface area contributed by atoms with Gasteiger partial charge in [0.2, 0.25) is 15.6 Å². The molecule has 1 aromatic carbocycles. The summed E-state index contributed by atoms with van der Waals surface area (Å²) < 4.78 is 60.2. The summed E-state index contributed by atoms with van der Waals surface area (Å²) in [6, 6.07) is 3.92. The van der Waals surface area contributed by atoms with Crippen LogP contribution in [0.1, 0.15) is 6.92 Å². The number of alkyl halides is 3. The summed E-state index contributed by atoms with van der Waals surface area (Å²) in [5.74, 6) is -2.11. The lowest BCUT2D eigenvalue weighted by molar-refractivity contribution is -0.192.